The zero-order valence-electron chi connectivity index (χ0n) is 58.4. The standard InChI is InChI=1S/C64H115N11O15/c1-24-26-27-41(13)52(78)51-57(82)66-43(25-2)58(83)69(17)34-49(77)70(18)45(30-36(3)4)56(81)68-53(64(15,16)89)63(88)71(19)46(31-37(5)6)55(80)65-42(14)54(79)67-44(35-90-29-28-76)59(84)72(20)47(32-38(7)8)60(85)73(21)48(33-39(9)10)61(86)74(22)50(40(11)12)62(87)75(51)23/h24,26,36-48,50-53,76,78,89H,25,27-35H2,1-23H3,(H,65,80)(H,66,82)(H,67,79)(H,68,81)/b26-24+. The van der Waals surface area contributed by atoms with Crippen molar-refractivity contribution in [3.63, 3.8) is 0 Å². The summed E-state index contributed by atoms with van der Waals surface area (Å²) >= 11 is 0. The zero-order valence-corrected chi connectivity index (χ0v) is 58.4. The van der Waals surface area contributed by atoms with Gasteiger partial charge in [0.1, 0.15) is 60.4 Å². The molecule has 0 radical (unpaired) electrons. The maximum Gasteiger partial charge on any atom is 0.248 e. The fourth-order valence-electron chi connectivity index (χ4n) is 11.0. The van der Waals surface area contributed by atoms with Gasteiger partial charge in [-0.1, -0.05) is 95.2 Å². The molecule has 0 aromatic carbocycles. The Bertz CT molecular complexity index is 2450. The molecule has 0 bridgehead atoms. The first-order valence-corrected chi connectivity index (χ1v) is 31.8. The molecule has 26 heteroatoms. The molecule has 90 heavy (non-hydrogen) atoms. The summed E-state index contributed by atoms with van der Waals surface area (Å²) in [6.45, 7) is 25.2. The molecule has 11 amide bonds. The van der Waals surface area contributed by atoms with E-state index in [1.54, 1.807) is 74.5 Å². The van der Waals surface area contributed by atoms with Gasteiger partial charge in [0.15, 0.2) is 0 Å². The van der Waals surface area contributed by atoms with Crippen LogP contribution >= 0.6 is 0 Å². The van der Waals surface area contributed by atoms with E-state index in [1.165, 1.54) is 79.9 Å². The summed E-state index contributed by atoms with van der Waals surface area (Å²) in [5.41, 5.74) is -1.98. The fourth-order valence-corrected chi connectivity index (χ4v) is 11.0. The van der Waals surface area contributed by atoms with Gasteiger partial charge < -0.3 is 75.6 Å². The van der Waals surface area contributed by atoms with Gasteiger partial charge >= 0.3 is 0 Å². The van der Waals surface area contributed by atoms with Gasteiger partial charge in [0.25, 0.3) is 0 Å². The van der Waals surface area contributed by atoms with Gasteiger partial charge in [-0.25, -0.2) is 0 Å². The predicted molar refractivity (Wildman–Crippen MR) is 342 cm³/mol. The lowest BCUT2D eigenvalue weighted by atomic mass is 9.91. The highest BCUT2D eigenvalue weighted by atomic mass is 16.5. The fraction of sp³-hybridized carbons (Fsp3) is 0.797. The van der Waals surface area contributed by atoms with Crippen molar-refractivity contribution >= 4 is 65.0 Å². The third-order valence-corrected chi connectivity index (χ3v) is 16.5. The molecule has 1 rings (SSSR count). The first kappa shape index (κ1) is 81.8. The summed E-state index contributed by atoms with van der Waals surface area (Å²) in [6.07, 6.45) is 2.52. The van der Waals surface area contributed by atoms with Gasteiger partial charge in [0.2, 0.25) is 65.0 Å². The lowest BCUT2D eigenvalue weighted by Crippen LogP contribution is -2.64. The zero-order chi connectivity index (χ0) is 69.7. The number of aliphatic hydroxyl groups is 3. The lowest BCUT2D eigenvalue weighted by Gasteiger charge is -2.41. The smallest absolute Gasteiger partial charge is 0.248 e. The normalized spacial score (nSPS) is 26.2. The number of carbonyl (C=O) groups is 11. The topological polar surface area (TPSA) is 328 Å². The number of hydrogen-bond donors (Lipinski definition) is 7. The van der Waals surface area contributed by atoms with Crippen LogP contribution in [0.25, 0.3) is 0 Å². The molecule has 12 atom stereocenters. The number of allylic oxidation sites excluding steroid dienone is 2. The number of amides is 11. The molecule has 0 saturated carbocycles. The van der Waals surface area contributed by atoms with Crippen molar-refractivity contribution in [2.75, 3.05) is 75.7 Å². The van der Waals surface area contributed by atoms with Crippen LogP contribution in [0.2, 0.25) is 0 Å². The lowest BCUT2D eigenvalue weighted by molar-refractivity contribution is -0.157. The molecule has 1 heterocycles. The van der Waals surface area contributed by atoms with Crippen LogP contribution in [0.1, 0.15) is 149 Å². The molecule has 0 spiro atoms. The summed E-state index contributed by atoms with van der Waals surface area (Å²) in [4.78, 5) is 170. The molecule has 0 aromatic heterocycles. The Morgan fingerprint density at radius 2 is 0.978 bits per heavy atom. The Balaban J connectivity index is 4.47. The maximum absolute atomic E-state index is 15.2. The minimum atomic E-state index is -1.98. The molecule has 1 aliphatic heterocycles. The highest BCUT2D eigenvalue weighted by Crippen LogP contribution is 2.26. The maximum atomic E-state index is 15.2. The Morgan fingerprint density at radius 1 is 0.544 bits per heavy atom. The molecule has 1 aliphatic rings. The van der Waals surface area contributed by atoms with Gasteiger partial charge in [-0.05, 0) is 102 Å². The van der Waals surface area contributed by atoms with Gasteiger partial charge in [-0.2, -0.15) is 0 Å². The SMILES string of the molecule is C/C=C/CC(C)C(O)C1C(=O)NC(CC)C(=O)N(C)CC(=O)N(C)C(CC(C)C)C(=O)NC(C(C)(C)O)C(=O)N(C)C(CC(C)C)C(=O)NC(C)C(=O)NC(COCCO)C(=O)N(C)C(CC(C)C)C(=O)N(C)C(CC(C)C)C(=O)N(C)C(C(C)C)C(=O)N1C. The van der Waals surface area contributed by atoms with Crippen LogP contribution in [0.3, 0.4) is 0 Å². The number of carbonyl (C=O) groups excluding carboxylic acids is 11. The summed E-state index contributed by atoms with van der Waals surface area (Å²) in [5, 5.41) is 44.0. The third-order valence-electron chi connectivity index (χ3n) is 16.5. The first-order valence-electron chi connectivity index (χ1n) is 31.8. The molecule has 26 nitrogen and oxygen atoms in total. The van der Waals surface area contributed by atoms with Crippen LogP contribution in [-0.2, 0) is 57.5 Å². The molecular formula is C64H115N11O15. The van der Waals surface area contributed by atoms with Crippen LogP contribution in [0, 0.1) is 35.5 Å². The second-order valence-electron chi connectivity index (χ2n) is 27.1. The minimum absolute atomic E-state index is 0.0165. The summed E-state index contributed by atoms with van der Waals surface area (Å²) in [5.74, 6) is -10.8. The van der Waals surface area contributed by atoms with Gasteiger partial charge in [0, 0.05) is 49.3 Å². The Morgan fingerprint density at radius 3 is 1.43 bits per heavy atom. The molecule has 516 valence electrons. The van der Waals surface area contributed by atoms with E-state index in [0.29, 0.717) is 0 Å². The summed E-state index contributed by atoms with van der Waals surface area (Å²) < 4.78 is 5.60. The highest BCUT2D eigenvalue weighted by molar-refractivity contribution is 6.00. The van der Waals surface area contributed by atoms with Crippen LogP contribution in [-0.4, -0.2) is 262 Å². The molecule has 1 fully saturated rings. The predicted octanol–water partition coefficient (Wildman–Crippen LogP) is 1.37. The largest absolute Gasteiger partial charge is 0.394 e. The van der Waals surface area contributed by atoms with E-state index < -0.39 is 169 Å². The van der Waals surface area contributed by atoms with Crippen molar-refractivity contribution in [3.8, 4) is 0 Å². The number of nitrogens with zero attached hydrogens (tertiary/aromatic N) is 7. The molecule has 1 saturated heterocycles. The molecule has 0 aliphatic carbocycles. The quantitative estimate of drug-likeness (QED) is 0.0710. The average molecular weight is 1280 g/mol. The molecule has 0 aromatic rings. The van der Waals surface area contributed by atoms with Crippen LogP contribution in [0.15, 0.2) is 12.2 Å². The number of aliphatic hydroxyl groups excluding tert-OH is 2. The second-order valence-corrected chi connectivity index (χ2v) is 27.1. The Labute approximate surface area is 536 Å². The first-order chi connectivity index (χ1) is 41.5. The monoisotopic (exact) mass is 1280 g/mol. The summed E-state index contributed by atoms with van der Waals surface area (Å²) in [7, 11) is 9.51. The molecule has 7 N–H and O–H groups in total. The number of rotatable bonds is 19. The minimum Gasteiger partial charge on any atom is -0.394 e. The Hall–Kier alpha value is -6.25. The van der Waals surface area contributed by atoms with Crippen LogP contribution in [0.4, 0.5) is 0 Å². The van der Waals surface area contributed by atoms with E-state index in [9.17, 15) is 53.7 Å². The van der Waals surface area contributed by atoms with E-state index in [2.05, 4.69) is 21.3 Å². The van der Waals surface area contributed by atoms with E-state index >= 15 is 14.4 Å². The van der Waals surface area contributed by atoms with Crippen molar-refractivity contribution in [2.45, 2.75) is 221 Å². The van der Waals surface area contributed by atoms with E-state index in [1.807, 2.05) is 27.7 Å². The van der Waals surface area contributed by atoms with Crippen LogP contribution < -0.4 is 21.3 Å². The molecule has 12 unspecified atom stereocenters. The third kappa shape index (κ3) is 23.5. The van der Waals surface area contributed by atoms with Gasteiger partial charge in [-0.15, -0.1) is 0 Å². The Kier molecular flexibility index (Phi) is 33.9. The summed E-state index contributed by atoms with van der Waals surface area (Å²) in [6, 6.07) is -14.0. The highest BCUT2D eigenvalue weighted by Gasteiger charge is 2.47. The van der Waals surface area contributed by atoms with Crippen molar-refractivity contribution in [1.29, 1.82) is 0 Å². The van der Waals surface area contributed by atoms with Crippen molar-refractivity contribution in [3.05, 3.63) is 12.2 Å². The van der Waals surface area contributed by atoms with Crippen molar-refractivity contribution < 1.29 is 72.8 Å². The van der Waals surface area contributed by atoms with Crippen molar-refractivity contribution in [2.24, 2.45) is 35.5 Å². The van der Waals surface area contributed by atoms with Crippen molar-refractivity contribution in [1.82, 2.24) is 55.6 Å². The number of likely N-dealkylation sites (N-methyl/N-ethyl adjacent to an activating group) is 7. The van der Waals surface area contributed by atoms with Crippen LogP contribution in [0.5, 0.6) is 0 Å². The number of ether oxygens (including phenoxy) is 1. The van der Waals surface area contributed by atoms with E-state index in [0.717, 1.165) is 24.5 Å². The van der Waals surface area contributed by atoms with E-state index in [4.69, 9.17) is 4.74 Å². The van der Waals surface area contributed by atoms with Gasteiger partial charge in [-0.3, -0.25) is 52.7 Å². The number of hydrogen-bond acceptors (Lipinski definition) is 15. The number of nitrogens with one attached hydrogen (secondary N) is 4. The second kappa shape index (κ2) is 37.3. The molecular weight excluding hydrogens is 1160 g/mol. The average Bonchev–Trinajstić information content (AvgIpc) is 0.844. The van der Waals surface area contributed by atoms with E-state index in [-0.39, 0.29) is 68.8 Å². The van der Waals surface area contributed by atoms with Gasteiger partial charge in [0.05, 0.1) is 38.1 Å².